The van der Waals surface area contributed by atoms with Gasteiger partial charge in [0, 0.05) is 24.6 Å². The third kappa shape index (κ3) is 3.87. The van der Waals surface area contributed by atoms with Gasteiger partial charge in [0.25, 0.3) is 0 Å². The van der Waals surface area contributed by atoms with E-state index in [2.05, 4.69) is 70.3 Å². The van der Waals surface area contributed by atoms with E-state index in [-0.39, 0.29) is 5.41 Å². The summed E-state index contributed by atoms with van der Waals surface area (Å²) in [6, 6.07) is 11.8. The van der Waals surface area contributed by atoms with Gasteiger partial charge in [-0.15, -0.1) is 0 Å². The normalized spacial score (nSPS) is 26.2. The summed E-state index contributed by atoms with van der Waals surface area (Å²) in [5.74, 6) is 0. The summed E-state index contributed by atoms with van der Waals surface area (Å²) in [7, 11) is 1.83. The second-order valence-corrected chi connectivity index (χ2v) is 8.23. The van der Waals surface area contributed by atoms with Crippen molar-refractivity contribution in [3.8, 4) is 0 Å². The molecule has 1 aliphatic carbocycles. The number of rotatable bonds is 5. The number of hydrogen-bond donors (Lipinski definition) is 1. The van der Waals surface area contributed by atoms with E-state index in [1.54, 1.807) is 0 Å². The van der Waals surface area contributed by atoms with Gasteiger partial charge in [0.2, 0.25) is 0 Å². The van der Waals surface area contributed by atoms with E-state index in [0.717, 1.165) is 12.8 Å². The van der Waals surface area contributed by atoms with Crippen LogP contribution in [-0.4, -0.2) is 19.3 Å². The van der Waals surface area contributed by atoms with E-state index in [1.165, 1.54) is 5.56 Å². The van der Waals surface area contributed by atoms with Crippen LogP contribution in [0.5, 0.6) is 0 Å². The van der Waals surface area contributed by atoms with E-state index in [0.29, 0.717) is 23.6 Å². The van der Waals surface area contributed by atoms with Crippen LogP contribution in [0, 0.1) is 10.8 Å². The Hall–Kier alpha value is -0.860. The lowest BCUT2D eigenvalue weighted by atomic mass is 9.64. The van der Waals surface area contributed by atoms with Crippen LogP contribution in [0.3, 0.4) is 0 Å². The van der Waals surface area contributed by atoms with Crippen LogP contribution in [0.4, 0.5) is 0 Å². The molecule has 3 unspecified atom stereocenters. The minimum atomic E-state index is 0.208. The number of benzene rings is 1. The molecule has 118 valence electrons. The van der Waals surface area contributed by atoms with Crippen molar-refractivity contribution in [1.82, 2.24) is 5.32 Å². The molecule has 0 aliphatic heterocycles. The lowest BCUT2D eigenvalue weighted by molar-refractivity contribution is -0.101. The Balaban J connectivity index is 2.11. The molecule has 2 rings (SSSR count). The molecule has 2 heteroatoms. The van der Waals surface area contributed by atoms with Gasteiger partial charge >= 0.3 is 0 Å². The summed E-state index contributed by atoms with van der Waals surface area (Å²) in [6.07, 6.45) is 2.62. The SMILES string of the molecule is COC1CC(NC(CC(C)(C)C)c2ccccc2)C1(C)C. The molecule has 0 bridgehead atoms. The molecule has 0 radical (unpaired) electrons. The predicted octanol–water partition coefficient (Wildman–Crippen LogP) is 4.57. The summed E-state index contributed by atoms with van der Waals surface area (Å²) in [6.45, 7) is 11.6. The number of hydrogen-bond acceptors (Lipinski definition) is 2. The zero-order valence-corrected chi connectivity index (χ0v) is 14.4. The van der Waals surface area contributed by atoms with Crippen LogP contribution < -0.4 is 5.32 Å². The maximum absolute atomic E-state index is 5.58. The first-order chi connectivity index (χ1) is 9.74. The molecule has 2 nitrogen and oxygen atoms in total. The minimum Gasteiger partial charge on any atom is -0.381 e. The average molecular weight is 289 g/mol. The standard InChI is InChI=1S/C19H31NO/c1-18(2,3)13-15(14-10-8-7-9-11-14)20-16-12-17(21-6)19(16,4)5/h7-11,15-17,20H,12-13H2,1-6H3. The fourth-order valence-corrected chi connectivity index (χ4v) is 3.38. The third-order valence-corrected chi connectivity index (χ3v) is 4.88. The third-order valence-electron chi connectivity index (χ3n) is 4.88. The molecule has 1 aromatic rings. The highest BCUT2D eigenvalue weighted by Crippen LogP contribution is 2.44. The summed E-state index contributed by atoms with van der Waals surface area (Å²) in [5, 5.41) is 3.90. The van der Waals surface area contributed by atoms with Crippen LogP contribution in [0.1, 0.15) is 59.1 Å². The largest absolute Gasteiger partial charge is 0.381 e. The summed E-state index contributed by atoms with van der Waals surface area (Å²) < 4.78 is 5.58. The molecule has 1 aromatic carbocycles. The van der Waals surface area contributed by atoms with E-state index < -0.39 is 0 Å². The van der Waals surface area contributed by atoms with Gasteiger partial charge in [0.1, 0.15) is 0 Å². The zero-order chi connectivity index (χ0) is 15.7. The van der Waals surface area contributed by atoms with Crippen molar-refractivity contribution in [2.24, 2.45) is 10.8 Å². The van der Waals surface area contributed by atoms with Gasteiger partial charge in [-0.3, -0.25) is 0 Å². The molecule has 21 heavy (non-hydrogen) atoms. The molecule has 0 amide bonds. The van der Waals surface area contributed by atoms with E-state index in [4.69, 9.17) is 4.74 Å². The lowest BCUT2D eigenvalue weighted by Crippen LogP contribution is -2.61. The summed E-state index contributed by atoms with van der Waals surface area (Å²) in [4.78, 5) is 0. The van der Waals surface area contributed by atoms with Gasteiger partial charge in [-0.25, -0.2) is 0 Å². The van der Waals surface area contributed by atoms with Gasteiger partial charge in [-0.05, 0) is 23.8 Å². The lowest BCUT2D eigenvalue weighted by Gasteiger charge is -2.53. The molecule has 0 heterocycles. The van der Waals surface area contributed by atoms with Crippen molar-refractivity contribution in [2.75, 3.05) is 7.11 Å². The minimum absolute atomic E-state index is 0.208. The average Bonchev–Trinajstić information content (AvgIpc) is 2.41. The summed E-state index contributed by atoms with van der Waals surface area (Å²) in [5.41, 5.74) is 1.91. The topological polar surface area (TPSA) is 21.3 Å². The van der Waals surface area contributed by atoms with Crippen molar-refractivity contribution < 1.29 is 4.74 Å². The molecule has 3 atom stereocenters. The van der Waals surface area contributed by atoms with E-state index in [9.17, 15) is 0 Å². The monoisotopic (exact) mass is 289 g/mol. The van der Waals surface area contributed by atoms with Crippen molar-refractivity contribution >= 4 is 0 Å². The second-order valence-electron chi connectivity index (χ2n) is 8.23. The van der Waals surface area contributed by atoms with Crippen molar-refractivity contribution in [2.45, 2.75) is 65.6 Å². The van der Waals surface area contributed by atoms with Crippen molar-refractivity contribution in [1.29, 1.82) is 0 Å². The van der Waals surface area contributed by atoms with Crippen LogP contribution >= 0.6 is 0 Å². The molecule has 1 fully saturated rings. The fourth-order valence-electron chi connectivity index (χ4n) is 3.38. The number of methoxy groups -OCH3 is 1. The quantitative estimate of drug-likeness (QED) is 0.857. The molecule has 1 aliphatic rings. The predicted molar refractivity (Wildman–Crippen MR) is 89.4 cm³/mol. The fraction of sp³-hybridized carbons (Fsp3) is 0.684. The molecule has 0 spiro atoms. The van der Waals surface area contributed by atoms with E-state index in [1.807, 2.05) is 7.11 Å². The molecular formula is C19H31NO. The molecule has 0 aromatic heterocycles. The Morgan fingerprint density at radius 2 is 1.86 bits per heavy atom. The van der Waals surface area contributed by atoms with Gasteiger partial charge in [-0.1, -0.05) is 65.0 Å². The van der Waals surface area contributed by atoms with Gasteiger partial charge in [0.15, 0.2) is 0 Å². The van der Waals surface area contributed by atoms with Crippen molar-refractivity contribution in [3.63, 3.8) is 0 Å². The van der Waals surface area contributed by atoms with Crippen LogP contribution in [0.15, 0.2) is 30.3 Å². The Bertz CT molecular complexity index is 446. The maximum atomic E-state index is 5.58. The Kier molecular flexibility index (Phi) is 4.79. The highest BCUT2D eigenvalue weighted by molar-refractivity contribution is 5.20. The molecular weight excluding hydrogens is 258 g/mol. The first kappa shape index (κ1) is 16.5. The molecule has 0 saturated heterocycles. The Morgan fingerprint density at radius 1 is 1.24 bits per heavy atom. The number of nitrogens with one attached hydrogen (secondary N) is 1. The first-order valence-electron chi connectivity index (χ1n) is 8.08. The van der Waals surface area contributed by atoms with Crippen LogP contribution in [0.2, 0.25) is 0 Å². The summed E-state index contributed by atoms with van der Waals surface area (Å²) >= 11 is 0. The smallest absolute Gasteiger partial charge is 0.0652 e. The van der Waals surface area contributed by atoms with Gasteiger partial charge in [-0.2, -0.15) is 0 Å². The van der Waals surface area contributed by atoms with Gasteiger partial charge < -0.3 is 10.1 Å². The van der Waals surface area contributed by atoms with Crippen LogP contribution in [-0.2, 0) is 4.74 Å². The van der Waals surface area contributed by atoms with Crippen LogP contribution in [0.25, 0.3) is 0 Å². The highest BCUT2D eigenvalue weighted by Gasteiger charge is 2.49. The Labute approximate surface area is 130 Å². The van der Waals surface area contributed by atoms with Gasteiger partial charge in [0.05, 0.1) is 6.10 Å². The molecule has 1 N–H and O–H groups in total. The zero-order valence-electron chi connectivity index (χ0n) is 14.4. The first-order valence-corrected chi connectivity index (χ1v) is 8.08. The van der Waals surface area contributed by atoms with Crippen molar-refractivity contribution in [3.05, 3.63) is 35.9 Å². The van der Waals surface area contributed by atoms with E-state index >= 15 is 0 Å². The molecule has 1 saturated carbocycles. The Morgan fingerprint density at radius 3 is 2.33 bits per heavy atom. The maximum Gasteiger partial charge on any atom is 0.0652 e. The highest BCUT2D eigenvalue weighted by atomic mass is 16.5. The number of ether oxygens (including phenoxy) is 1. The second kappa shape index (κ2) is 6.10.